The highest BCUT2D eigenvalue weighted by Crippen LogP contribution is 2.19. The summed E-state index contributed by atoms with van der Waals surface area (Å²) in [6.45, 7) is 5.78. The van der Waals surface area contributed by atoms with Crippen molar-refractivity contribution in [2.45, 2.75) is 13.3 Å². The Bertz CT molecular complexity index is 295. The first-order valence-corrected chi connectivity index (χ1v) is 5.18. The van der Waals surface area contributed by atoms with Crippen LogP contribution in [0.2, 0.25) is 0 Å². The number of hydrogen-bond acceptors (Lipinski definition) is 3. The number of morpholine rings is 1. The molecule has 1 aliphatic rings. The lowest BCUT2D eigenvalue weighted by molar-refractivity contribution is 0.122. The molecule has 1 fully saturated rings. The minimum absolute atomic E-state index is 0.831. The van der Waals surface area contributed by atoms with Crippen molar-refractivity contribution in [1.29, 1.82) is 0 Å². The van der Waals surface area contributed by atoms with Gasteiger partial charge in [-0.3, -0.25) is 4.98 Å². The SMILES string of the molecule is CCc1ncccc1N1CCOCC1. The Labute approximate surface area is 84.7 Å². The summed E-state index contributed by atoms with van der Waals surface area (Å²) in [7, 11) is 0. The van der Waals surface area contributed by atoms with Crippen LogP contribution in [-0.4, -0.2) is 31.3 Å². The lowest BCUT2D eigenvalue weighted by Crippen LogP contribution is -2.36. The van der Waals surface area contributed by atoms with Gasteiger partial charge in [0, 0.05) is 19.3 Å². The van der Waals surface area contributed by atoms with E-state index in [0.29, 0.717) is 0 Å². The van der Waals surface area contributed by atoms with E-state index in [4.69, 9.17) is 4.74 Å². The van der Waals surface area contributed by atoms with Gasteiger partial charge in [-0.2, -0.15) is 0 Å². The topological polar surface area (TPSA) is 25.4 Å². The number of aromatic nitrogens is 1. The molecule has 0 aliphatic carbocycles. The number of pyridine rings is 1. The van der Waals surface area contributed by atoms with Gasteiger partial charge in [0.15, 0.2) is 0 Å². The molecule has 0 bridgehead atoms. The molecule has 1 aliphatic heterocycles. The Morgan fingerprint density at radius 3 is 2.93 bits per heavy atom. The summed E-state index contributed by atoms with van der Waals surface area (Å²) in [5, 5.41) is 0. The number of anilines is 1. The van der Waals surface area contributed by atoms with Crippen molar-refractivity contribution in [2.24, 2.45) is 0 Å². The molecular formula is C11H16N2O. The van der Waals surface area contributed by atoms with E-state index in [-0.39, 0.29) is 0 Å². The summed E-state index contributed by atoms with van der Waals surface area (Å²) in [6, 6.07) is 4.15. The van der Waals surface area contributed by atoms with Crippen molar-refractivity contribution in [2.75, 3.05) is 31.2 Å². The number of aryl methyl sites for hydroxylation is 1. The summed E-state index contributed by atoms with van der Waals surface area (Å²) in [5.74, 6) is 0. The second-order valence-corrected chi connectivity index (χ2v) is 3.42. The Morgan fingerprint density at radius 1 is 1.43 bits per heavy atom. The monoisotopic (exact) mass is 192 g/mol. The summed E-state index contributed by atoms with van der Waals surface area (Å²) in [4.78, 5) is 6.75. The van der Waals surface area contributed by atoms with E-state index < -0.39 is 0 Å². The zero-order chi connectivity index (χ0) is 9.80. The summed E-state index contributed by atoms with van der Waals surface area (Å²) < 4.78 is 5.33. The molecule has 0 radical (unpaired) electrons. The molecule has 1 aromatic heterocycles. The maximum atomic E-state index is 5.33. The zero-order valence-corrected chi connectivity index (χ0v) is 8.57. The normalized spacial score (nSPS) is 17.1. The maximum absolute atomic E-state index is 5.33. The van der Waals surface area contributed by atoms with E-state index >= 15 is 0 Å². The smallest absolute Gasteiger partial charge is 0.0642 e. The summed E-state index contributed by atoms with van der Waals surface area (Å²) in [6.07, 6.45) is 2.86. The molecule has 0 amide bonds. The Kier molecular flexibility index (Phi) is 2.99. The second kappa shape index (κ2) is 4.42. The molecule has 0 aromatic carbocycles. The predicted octanol–water partition coefficient (Wildman–Crippen LogP) is 1.48. The van der Waals surface area contributed by atoms with Crippen molar-refractivity contribution in [3.05, 3.63) is 24.0 Å². The molecule has 3 heteroatoms. The fraction of sp³-hybridized carbons (Fsp3) is 0.545. The van der Waals surface area contributed by atoms with Crippen molar-refractivity contribution < 1.29 is 4.74 Å². The first-order chi connectivity index (χ1) is 6.92. The molecule has 0 spiro atoms. The van der Waals surface area contributed by atoms with Gasteiger partial charge in [0.05, 0.1) is 24.6 Å². The average molecular weight is 192 g/mol. The van der Waals surface area contributed by atoms with E-state index in [1.54, 1.807) is 0 Å². The van der Waals surface area contributed by atoms with Crippen LogP contribution in [0.1, 0.15) is 12.6 Å². The number of hydrogen-bond donors (Lipinski definition) is 0. The lowest BCUT2D eigenvalue weighted by Gasteiger charge is -2.29. The highest BCUT2D eigenvalue weighted by molar-refractivity contribution is 5.50. The van der Waals surface area contributed by atoms with E-state index in [1.165, 1.54) is 11.4 Å². The fourth-order valence-corrected chi connectivity index (χ4v) is 1.79. The van der Waals surface area contributed by atoms with Gasteiger partial charge in [0.1, 0.15) is 0 Å². The zero-order valence-electron chi connectivity index (χ0n) is 8.57. The number of nitrogens with zero attached hydrogens (tertiary/aromatic N) is 2. The van der Waals surface area contributed by atoms with Crippen LogP contribution in [0.15, 0.2) is 18.3 Å². The Morgan fingerprint density at radius 2 is 2.21 bits per heavy atom. The van der Waals surface area contributed by atoms with Crippen LogP contribution in [0.5, 0.6) is 0 Å². The van der Waals surface area contributed by atoms with Gasteiger partial charge in [0.25, 0.3) is 0 Å². The van der Waals surface area contributed by atoms with E-state index in [1.807, 2.05) is 12.3 Å². The van der Waals surface area contributed by atoms with Crippen molar-refractivity contribution in [1.82, 2.24) is 4.98 Å². The molecule has 0 N–H and O–H groups in total. The third-order valence-electron chi connectivity index (χ3n) is 2.55. The highest BCUT2D eigenvalue weighted by atomic mass is 16.5. The lowest BCUT2D eigenvalue weighted by atomic mass is 10.2. The molecule has 0 saturated carbocycles. The molecule has 0 unspecified atom stereocenters. The third-order valence-corrected chi connectivity index (χ3v) is 2.55. The van der Waals surface area contributed by atoms with E-state index in [2.05, 4.69) is 22.9 Å². The molecule has 1 saturated heterocycles. The standard InChI is InChI=1S/C11H16N2O/c1-2-10-11(4-3-5-12-10)13-6-8-14-9-7-13/h3-5H,2,6-9H2,1H3. The Hall–Kier alpha value is -1.09. The van der Waals surface area contributed by atoms with Gasteiger partial charge >= 0.3 is 0 Å². The maximum Gasteiger partial charge on any atom is 0.0642 e. The van der Waals surface area contributed by atoms with Crippen LogP contribution in [0.25, 0.3) is 0 Å². The van der Waals surface area contributed by atoms with Crippen molar-refractivity contribution >= 4 is 5.69 Å². The van der Waals surface area contributed by atoms with Gasteiger partial charge < -0.3 is 9.64 Å². The minimum Gasteiger partial charge on any atom is -0.378 e. The largest absolute Gasteiger partial charge is 0.378 e. The molecule has 14 heavy (non-hydrogen) atoms. The highest BCUT2D eigenvalue weighted by Gasteiger charge is 2.13. The van der Waals surface area contributed by atoms with Crippen molar-refractivity contribution in [3.63, 3.8) is 0 Å². The number of rotatable bonds is 2. The minimum atomic E-state index is 0.831. The second-order valence-electron chi connectivity index (χ2n) is 3.42. The molecular weight excluding hydrogens is 176 g/mol. The molecule has 76 valence electrons. The molecule has 0 atom stereocenters. The Balaban J connectivity index is 2.20. The predicted molar refractivity (Wildman–Crippen MR) is 56.6 cm³/mol. The van der Waals surface area contributed by atoms with Gasteiger partial charge in [-0.1, -0.05) is 6.92 Å². The van der Waals surface area contributed by atoms with Crippen LogP contribution in [0.4, 0.5) is 5.69 Å². The average Bonchev–Trinajstić information content (AvgIpc) is 2.30. The van der Waals surface area contributed by atoms with Gasteiger partial charge in [-0.05, 0) is 18.6 Å². The van der Waals surface area contributed by atoms with Crippen LogP contribution in [-0.2, 0) is 11.2 Å². The van der Waals surface area contributed by atoms with Gasteiger partial charge in [-0.15, -0.1) is 0 Å². The van der Waals surface area contributed by atoms with Crippen LogP contribution in [0.3, 0.4) is 0 Å². The summed E-state index contributed by atoms with van der Waals surface area (Å²) in [5.41, 5.74) is 2.47. The quantitative estimate of drug-likeness (QED) is 0.709. The van der Waals surface area contributed by atoms with Gasteiger partial charge in [0.2, 0.25) is 0 Å². The molecule has 1 aromatic rings. The van der Waals surface area contributed by atoms with Crippen LogP contribution < -0.4 is 4.90 Å². The fourth-order valence-electron chi connectivity index (χ4n) is 1.79. The van der Waals surface area contributed by atoms with Crippen LogP contribution in [0, 0.1) is 0 Å². The number of ether oxygens (including phenoxy) is 1. The van der Waals surface area contributed by atoms with Crippen molar-refractivity contribution in [3.8, 4) is 0 Å². The molecule has 2 rings (SSSR count). The third kappa shape index (κ3) is 1.87. The summed E-state index contributed by atoms with van der Waals surface area (Å²) >= 11 is 0. The molecule has 3 nitrogen and oxygen atoms in total. The van der Waals surface area contributed by atoms with E-state index in [9.17, 15) is 0 Å². The first-order valence-electron chi connectivity index (χ1n) is 5.18. The van der Waals surface area contributed by atoms with Crippen LogP contribution >= 0.6 is 0 Å². The molecule has 2 heterocycles. The van der Waals surface area contributed by atoms with E-state index in [0.717, 1.165) is 32.7 Å². The van der Waals surface area contributed by atoms with Gasteiger partial charge in [-0.25, -0.2) is 0 Å². The first kappa shape index (κ1) is 9.46.